The van der Waals surface area contributed by atoms with Crippen LogP contribution >= 0.6 is 0 Å². The molecule has 3 aliphatic carbocycles. The Labute approximate surface area is 103 Å². The molecule has 0 aromatic rings. The van der Waals surface area contributed by atoms with Gasteiger partial charge in [-0.25, -0.2) is 0 Å². The molecule has 3 aliphatic rings. The van der Waals surface area contributed by atoms with Crippen molar-refractivity contribution in [3.8, 4) is 0 Å². The average molecular weight is 234 g/mol. The zero-order valence-electron chi connectivity index (χ0n) is 10.8. The molecule has 0 radical (unpaired) electrons. The third kappa shape index (κ3) is 1.40. The van der Waals surface area contributed by atoms with Crippen LogP contribution in [0.5, 0.6) is 0 Å². The van der Waals surface area contributed by atoms with Gasteiger partial charge in [0.25, 0.3) is 0 Å². The summed E-state index contributed by atoms with van der Waals surface area (Å²) in [7, 11) is 0. The zero-order chi connectivity index (χ0) is 12.4. The molecule has 0 unspecified atom stereocenters. The first kappa shape index (κ1) is 11.5. The lowest BCUT2D eigenvalue weighted by Crippen LogP contribution is -2.34. The number of aliphatic hydroxyl groups is 2. The maximum atomic E-state index is 10.5. The topological polar surface area (TPSA) is 40.5 Å². The van der Waals surface area contributed by atoms with Gasteiger partial charge in [-0.3, -0.25) is 0 Å². The molecular formula is C15H22O2. The van der Waals surface area contributed by atoms with Crippen LogP contribution in [-0.4, -0.2) is 22.9 Å². The van der Waals surface area contributed by atoms with Gasteiger partial charge in [0.15, 0.2) is 0 Å². The minimum Gasteiger partial charge on any atom is -0.392 e. The van der Waals surface area contributed by atoms with Crippen molar-refractivity contribution in [3.63, 3.8) is 0 Å². The highest BCUT2D eigenvalue weighted by Gasteiger charge is 2.57. The lowest BCUT2D eigenvalue weighted by Gasteiger charge is -2.36. The Balaban J connectivity index is 2.11. The summed E-state index contributed by atoms with van der Waals surface area (Å²) in [6, 6.07) is 0. The molecule has 0 aromatic heterocycles. The van der Waals surface area contributed by atoms with Crippen LogP contribution in [0.1, 0.15) is 39.5 Å². The minimum atomic E-state index is -0.385. The molecule has 0 heterocycles. The predicted octanol–water partition coefficient (Wildman–Crippen LogP) is 2.42. The Hall–Kier alpha value is -0.600. The maximum Gasteiger partial charge on any atom is 0.0821 e. The van der Waals surface area contributed by atoms with E-state index in [1.165, 1.54) is 11.1 Å². The molecule has 0 aliphatic heterocycles. The van der Waals surface area contributed by atoms with Gasteiger partial charge in [-0.2, -0.15) is 0 Å². The van der Waals surface area contributed by atoms with Crippen molar-refractivity contribution < 1.29 is 10.2 Å². The van der Waals surface area contributed by atoms with Crippen LogP contribution in [0.4, 0.5) is 0 Å². The summed E-state index contributed by atoms with van der Waals surface area (Å²) in [5.74, 6) is 0.214. The summed E-state index contributed by atoms with van der Waals surface area (Å²) in [5, 5.41) is 20.2. The molecule has 17 heavy (non-hydrogen) atoms. The number of rotatable bonds is 1. The normalized spacial score (nSPS) is 37.5. The number of hydrogen-bond donors (Lipinski definition) is 2. The van der Waals surface area contributed by atoms with Gasteiger partial charge < -0.3 is 10.2 Å². The molecule has 0 saturated heterocycles. The Kier molecular flexibility index (Phi) is 2.19. The van der Waals surface area contributed by atoms with E-state index < -0.39 is 0 Å². The summed E-state index contributed by atoms with van der Waals surface area (Å²) in [6.45, 7) is 8.77. The fraction of sp³-hybridized carbons (Fsp3) is 0.733. The van der Waals surface area contributed by atoms with Crippen molar-refractivity contribution in [2.75, 3.05) is 6.61 Å². The van der Waals surface area contributed by atoms with Crippen LogP contribution in [0.25, 0.3) is 0 Å². The quantitative estimate of drug-likeness (QED) is 0.684. The maximum absolute atomic E-state index is 10.5. The third-order valence-electron chi connectivity index (χ3n) is 5.12. The molecule has 2 atom stereocenters. The predicted molar refractivity (Wildman–Crippen MR) is 67.4 cm³/mol. The fourth-order valence-corrected chi connectivity index (χ4v) is 4.10. The molecule has 2 heteroatoms. The first-order valence-electron chi connectivity index (χ1n) is 6.62. The molecular weight excluding hydrogens is 212 g/mol. The van der Waals surface area contributed by atoms with E-state index in [0.29, 0.717) is 0 Å². The zero-order valence-corrected chi connectivity index (χ0v) is 10.8. The minimum absolute atomic E-state index is 0.0274. The summed E-state index contributed by atoms with van der Waals surface area (Å²) < 4.78 is 0. The Morgan fingerprint density at radius 1 is 1.35 bits per heavy atom. The van der Waals surface area contributed by atoms with E-state index in [2.05, 4.69) is 20.4 Å². The van der Waals surface area contributed by atoms with E-state index in [0.717, 1.165) is 31.3 Å². The van der Waals surface area contributed by atoms with Crippen LogP contribution in [0.15, 0.2) is 23.3 Å². The Morgan fingerprint density at radius 2 is 2.00 bits per heavy atom. The van der Waals surface area contributed by atoms with Gasteiger partial charge >= 0.3 is 0 Å². The molecule has 2 saturated carbocycles. The molecule has 1 spiro atoms. The van der Waals surface area contributed by atoms with Gasteiger partial charge in [0.2, 0.25) is 0 Å². The average Bonchev–Trinajstić information content (AvgIpc) is 2.97. The first-order chi connectivity index (χ1) is 7.91. The highest BCUT2D eigenvalue weighted by atomic mass is 16.3. The second kappa shape index (κ2) is 3.24. The van der Waals surface area contributed by atoms with Crippen LogP contribution in [-0.2, 0) is 0 Å². The van der Waals surface area contributed by atoms with Crippen LogP contribution in [0, 0.1) is 16.7 Å². The van der Waals surface area contributed by atoms with Crippen molar-refractivity contribution >= 4 is 0 Å². The van der Waals surface area contributed by atoms with Crippen LogP contribution in [0.3, 0.4) is 0 Å². The van der Waals surface area contributed by atoms with Crippen molar-refractivity contribution in [1.29, 1.82) is 0 Å². The van der Waals surface area contributed by atoms with E-state index >= 15 is 0 Å². The summed E-state index contributed by atoms with van der Waals surface area (Å²) in [5.41, 5.74) is 3.73. The second-order valence-electron chi connectivity index (χ2n) is 6.87. The van der Waals surface area contributed by atoms with Crippen LogP contribution in [0.2, 0.25) is 0 Å². The molecule has 3 rings (SSSR count). The molecule has 2 nitrogen and oxygen atoms in total. The largest absolute Gasteiger partial charge is 0.392 e. The molecule has 0 bridgehead atoms. The van der Waals surface area contributed by atoms with Crippen molar-refractivity contribution in [2.45, 2.75) is 45.6 Å². The molecule has 2 N–H and O–H groups in total. The summed E-state index contributed by atoms with van der Waals surface area (Å²) in [6.07, 6.45) is 3.79. The Morgan fingerprint density at radius 3 is 2.53 bits per heavy atom. The van der Waals surface area contributed by atoms with E-state index in [4.69, 9.17) is 0 Å². The lowest BCUT2D eigenvalue weighted by molar-refractivity contribution is 0.129. The van der Waals surface area contributed by atoms with Crippen molar-refractivity contribution in [3.05, 3.63) is 23.3 Å². The monoisotopic (exact) mass is 234 g/mol. The highest BCUT2D eigenvalue weighted by Crippen LogP contribution is 2.65. The second-order valence-corrected chi connectivity index (χ2v) is 6.87. The van der Waals surface area contributed by atoms with Crippen molar-refractivity contribution in [2.24, 2.45) is 16.7 Å². The van der Waals surface area contributed by atoms with Gasteiger partial charge in [-0.05, 0) is 42.2 Å². The van der Waals surface area contributed by atoms with E-state index in [1.807, 2.05) is 0 Å². The SMILES string of the molecule is C=C1[C@H](O)[C@H]2CC(C)(C)CC2=C(CO)C12CC2. The molecule has 0 aromatic carbocycles. The van der Waals surface area contributed by atoms with E-state index in [9.17, 15) is 10.2 Å². The first-order valence-corrected chi connectivity index (χ1v) is 6.62. The van der Waals surface area contributed by atoms with Gasteiger partial charge in [0.1, 0.15) is 0 Å². The summed E-state index contributed by atoms with van der Waals surface area (Å²) >= 11 is 0. The summed E-state index contributed by atoms with van der Waals surface area (Å²) in [4.78, 5) is 0. The number of fused-ring (bicyclic) bond motifs is 1. The van der Waals surface area contributed by atoms with E-state index in [-0.39, 0.29) is 29.5 Å². The Bertz CT molecular complexity index is 413. The van der Waals surface area contributed by atoms with Crippen LogP contribution < -0.4 is 0 Å². The number of aliphatic hydroxyl groups excluding tert-OH is 2. The molecule has 0 amide bonds. The van der Waals surface area contributed by atoms with Gasteiger partial charge in [-0.15, -0.1) is 0 Å². The molecule has 94 valence electrons. The smallest absolute Gasteiger partial charge is 0.0821 e. The number of hydrogen-bond acceptors (Lipinski definition) is 2. The standard InChI is InChI=1S/C15H22O2/c1-9-13(17)11-7-14(2,3)6-10(11)12(8-16)15(9)4-5-15/h11,13,16-17H,1,4-8H2,2-3H3/t11-,13-/m0/s1. The van der Waals surface area contributed by atoms with Gasteiger partial charge in [0, 0.05) is 11.3 Å². The van der Waals surface area contributed by atoms with E-state index in [1.54, 1.807) is 0 Å². The van der Waals surface area contributed by atoms with Gasteiger partial charge in [-0.1, -0.05) is 26.0 Å². The fourth-order valence-electron chi connectivity index (χ4n) is 4.10. The van der Waals surface area contributed by atoms with Crippen molar-refractivity contribution in [1.82, 2.24) is 0 Å². The van der Waals surface area contributed by atoms with Gasteiger partial charge in [0.05, 0.1) is 12.7 Å². The highest BCUT2D eigenvalue weighted by molar-refractivity contribution is 5.47. The third-order valence-corrected chi connectivity index (χ3v) is 5.12. The lowest BCUT2D eigenvalue weighted by atomic mass is 9.71. The molecule has 2 fully saturated rings.